The Morgan fingerprint density at radius 1 is 1.27 bits per heavy atom. The summed E-state index contributed by atoms with van der Waals surface area (Å²) in [5, 5.41) is 14.4. The molecule has 1 aromatic carbocycles. The number of amides is 1. The van der Waals surface area contributed by atoms with E-state index in [2.05, 4.69) is 10.6 Å². The molecule has 6 heteroatoms. The molecular formula is C16H23N3O3. The maximum absolute atomic E-state index is 11.5. The van der Waals surface area contributed by atoms with Crippen molar-refractivity contribution in [2.45, 2.75) is 32.9 Å². The van der Waals surface area contributed by atoms with Crippen molar-refractivity contribution in [2.24, 2.45) is 0 Å². The van der Waals surface area contributed by atoms with E-state index >= 15 is 0 Å². The van der Waals surface area contributed by atoms with Gasteiger partial charge >= 0.3 is 6.09 Å². The second-order valence-electron chi connectivity index (χ2n) is 5.66. The summed E-state index contributed by atoms with van der Waals surface area (Å²) in [5.41, 5.74) is 0.476. The molecule has 0 bridgehead atoms. The van der Waals surface area contributed by atoms with Gasteiger partial charge in [-0.05, 0) is 26.8 Å². The van der Waals surface area contributed by atoms with Crippen LogP contribution in [0, 0.1) is 11.3 Å². The van der Waals surface area contributed by atoms with E-state index in [1.54, 1.807) is 0 Å². The minimum atomic E-state index is -0.492. The van der Waals surface area contributed by atoms with E-state index in [0.29, 0.717) is 25.4 Å². The van der Waals surface area contributed by atoms with Gasteiger partial charge in [0.25, 0.3) is 0 Å². The number of hydrogen-bond acceptors (Lipinski definition) is 5. The zero-order chi connectivity index (χ0) is 16.4. The third-order valence-corrected chi connectivity index (χ3v) is 2.55. The van der Waals surface area contributed by atoms with Crippen LogP contribution in [0.4, 0.5) is 4.79 Å². The molecule has 1 rings (SSSR count). The Labute approximate surface area is 131 Å². The third-order valence-electron chi connectivity index (χ3n) is 2.55. The van der Waals surface area contributed by atoms with Gasteiger partial charge in [-0.1, -0.05) is 18.2 Å². The van der Waals surface area contributed by atoms with E-state index in [9.17, 15) is 4.79 Å². The Hall–Kier alpha value is -2.26. The number of hydrogen-bond donors (Lipinski definition) is 2. The van der Waals surface area contributed by atoms with E-state index in [0.717, 1.165) is 5.56 Å². The van der Waals surface area contributed by atoms with Crippen LogP contribution in [0.1, 0.15) is 26.3 Å². The van der Waals surface area contributed by atoms with E-state index in [1.807, 2.05) is 51.1 Å². The van der Waals surface area contributed by atoms with Gasteiger partial charge in [-0.25, -0.2) is 4.79 Å². The molecule has 0 radical (unpaired) electrons. The fourth-order valence-electron chi connectivity index (χ4n) is 1.69. The highest BCUT2D eigenvalue weighted by atomic mass is 16.6. The number of carbonyl (C=O) groups excluding carboxylic acids is 1. The lowest BCUT2D eigenvalue weighted by molar-refractivity contribution is 0.0528. The summed E-state index contributed by atoms with van der Waals surface area (Å²) in [5.74, 6) is 0.691. The summed E-state index contributed by atoms with van der Waals surface area (Å²) in [4.78, 5) is 11.5. The molecule has 0 aromatic heterocycles. The van der Waals surface area contributed by atoms with Crippen LogP contribution in [0.15, 0.2) is 24.3 Å². The maximum Gasteiger partial charge on any atom is 0.407 e. The minimum Gasteiger partial charge on any atom is -0.478 e. The summed E-state index contributed by atoms with van der Waals surface area (Å²) in [6.45, 7) is 7.16. The first-order valence-electron chi connectivity index (χ1n) is 7.17. The smallest absolute Gasteiger partial charge is 0.407 e. The fraction of sp³-hybridized carbons (Fsp3) is 0.500. The number of rotatable bonds is 7. The normalized spacial score (nSPS) is 10.6. The molecule has 0 aliphatic rings. The van der Waals surface area contributed by atoms with Gasteiger partial charge in [-0.2, -0.15) is 5.26 Å². The van der Waals surface area contributed by atoms with E-state index in [4.69, 9.17) is 14.7 Å². The molecule has 1 amide bonds. The highest BCUT2D eigenvalue weighted by Crippen LogP contribution is 2.17. The van der Waals surface area contributed by atoms with Gasteiger partial charge < -0.3 is 20.1 Å². The Morgan fingerprint density at radius 2 is 2.00 bits per heavy atom. The van der Waals surface area contributed by atoms with E-state index in [1.165, 1.54) is 0 Å². The Kier molecular flexibility index (Phi) is 7.20. The van der Waals surface area contributed by atoms with Gasteiger partial charge in [0.15, 0.2) is 6.61 Å². The van der Waals surface area contributed by atoms with Crippen LogP contribution in [0.25, 0.3) is 0 Å². The minimum absolute atomic E-state index is 0.0250. The molecule has 2 N–H and O–H groups in total. The number of ether oxygens (including phenoxy) is 2. The first-order chi connectivity index (χ1) is 10.4. The number of para-hydroxylation sites is 1. The molecule has 0 spiro atoms. The van der Waals surface area contributed by atoms with Crippen LogP contribution in [-0.2, 0) is 11.3 Å². The lowest BCUT2D eigenvalue weighted by Gasteiger charge is -2.19. The molecule has 120 valence electrons. The number of benzene rings is 1. The van der Waals surface area contributed by atoms with Crippen molar-refractivity contribution in [2.75, 3.05) is 19.7 Å². The number of nitriles is 1. The molecule has 0 aliphatic heterocycles. The molecule has 0 saturated carbocycles. The molecule has 6 nitrogen and oxygen atoms in total. The first-order valence-corrected chi connectivity index (χ1v) is 7.17. The summed E-state index contributed by atoms with van der Waals surface area (Å²) in [7, 11) is 0. The standard InChI is InChI=1S/C16H23N3O3/c1-16(2,3)22-15(20)19-10-9-18-12-13-6-4-5-7-14(13)21-11-8-17/h4-7,18H,9-12H2,1-3H3,(H,19,20). The van der Waals surface area contributed by atoms with Crippen molar-refractivity contribution >= 4 is 6.09 Å². The van der Waals surface area contributed by atoms with Gasteiger partial charge in [-0.3, -0.25) is 0 Å². The Bertz CT molecular complexity index is 518. The summed E-state index contributed by atoms with van der Waals surface area (Å²) in [6.07, 6.45) is -0.424. The predicted octanol–water partition coefficient (Wildman–Crippen LogP) is 2.20. The van der Waals surface area contributed by atoms with Crippen molar-refractivity contribution < 1.29 is 14.3 Å². The van der Waals surface area contributed by atoms with Crippen molar-refractivity contribution in [3.8, 4) is 11.8 Å². The van der Waals surface area contributed by atoms with Crippen molar-refractivity contribution in [3.63, 3.8) is 0 Å². The molecule has 0 heterocycles. The monoisotopic (exact) mass is 305 g/mol. The lowest BCUT2D eigenvalue weighted by atomic mass is 10.2. The van der Waals surface area contributed by atoms with Crippen molar-refractivity contribution in [1.29, 1.82) is 5.26 Å². The predicted molar refractivity (Wildman–Crippen MR) is 83.5 cm³/mol. The maximum atomic E-state index is 11.5. The van der Waals surface area contributed by atoms with Crippen LogP contribution in [0.5, 0.6) is 5.75 Å². The third kappa shape index (κ3) is 7.50. The largest absolute Gasteiger partial charge is 0.478 e. The second-order valence-corrected chi connectivity index (χ2v) is 5.66. The lowest BCUT2D eigenvalue weighted by Crippen LogP contribution is -2.36. The molecule has 0 aliphatic carbocycles. The number of carbonyl (C=O) groups is 1. The van der Waals surface area contributed by atoms with Crippen LogP contribution in [-0.4, -0.2) is 31.4 Å². The molecular weight excluding hydrogens is 282 g/mol. The van der Waals surface area contributed by atoms with Gasteiger partial charge in [0.05, 0.1) is 0 Å². The number of nitrogens with zero attached hydrogens (tertiary/aromatic N) is 1. The van der Waals surface area contributed by atoms with Gasteiger partial charge in [0.1, 0.15) is 17.4 Å². The summed E-state index contributed by atoms with van der Waals surface area (Å²) in [6, 6.07) is 9.48. The number of nitrogens with one attached hydrogen (secondary N) is 2. The van der Waals surface area contributed by atoms with Gasteiger partial charge in [0, 0.05) is 25.2 Å². The van der Waals surface area contributed by atoms with Gasteiger partial charge in [0.2, 0.25) is 0 Å². The molecule has 0 saturated heterocycles. The van der Waals surface area contributed by atoms with Crippen LogP contribution >= 0.6 is 0 Å². The zero-order valence-electron chi connectivity index (χ0n) is 13.3. The average Bonchev–Trinajstić information content (AvgIpc) is 2.44. The molecule has 0 unspecified atom stereocenters. The van der Waals surface area contributed by atoms with Crippen LogP contribution in [0.3, 0.4) is 0 Å². The number of alkyl carbamates (subject to hydrolysis) is 1. The quantitative estimate of drug-likeness (QED) is 0.755. The topological polar surface area (TPSA) is 83.4 Å². The van der Waals surface area contributed by atoms with E-state index in [-0.39, 0.29) is 6.61 Å². The fourth-order valence-corrected chi connectivity index (χ4v) is 1.69. The highest BCUT2D eigenvalue weighted by molar-refractivity contribution is 5.67. The average molecular weight is 305 g/mol. The first kappa shape index (κ1) is 17.8. The molecule has 1 aromatic rings. The van der Waals surface area contributed by atoms with Gasteiger partial charge in [-0.15, -0.1) is 0 Å². The summed E-state index contributed by atoms with van der Waals surface area (Å²) >= 11 is 0. The second kappa shape index (κ2) is 8.90. The van der Waals surface area contributed by atoms with Crippen LogP contribution < -0.4 is 15.4 Å². The summed E-state index contributed by atoms with van der Waals surface area (Å²) < 4.78 is 10.5. The van der Waals surface area contributed by atoms with Crippen LogP contribution in [0.2, 0.25) is 0 Å². The Balaban J connectivity index is 2.28. The highest BCUT2D eigenvalue weighted by Gasteiger charge is 2.15. The Morgan fingerprint density at radius 3 is 2.68 bits per heavy atom. The SMILES string of the molecule is CC(C)(C)OC(=O)NCCNCc1ccccc1OCC#N. The zero-order valence-corrected chi connectivity index (χ0v) is 13.3. The molecule has 0 atom stereocenters. The molecule has 22 heavy (non-hydrogen) atoms. The van der Waals surface area contributed by atoms with E-state index < -0.39 is 11.7 Å². The van der Waals surface area contributed by atoms with Crippen molar-refractivity contribution in [1.82, 2.24) is 10.6 Å². The van der Waals surface area contributed by atoms with Crippen molar-refractivity contribution in [3.05, 3.63) is 29.8 Å². The molecule has 0 fully saturated rings.